The molecule has 1 amide bonds. The summed E-state index contributed by atoms with van der Waals surface area (Å²) >= 11 is 0. The zero-order valence-electron chi connectivity index (χ0n) is 15.2. The molecule has 0 aromatic carbocycles. The maximum absolute atomic E-state index is 12.9. The van der Waals surface area contributed by atoms with Crippen molar-refractivity contribution < 1.29 is 13.2 Å². The minimum atomic E-state index is -3.65. The molecule has 3 rings (SSSR count). The molecule has 1 N–H and O–H groups in total. The van der Waals surface area contributed by atoms with Crippen molar-refractivity contribution in [3.8, 4) is 0 Å². The lowest BCUT2D eigenvalue weighted by atomic mass is 9.99. The molecule has 9 nitrogen and oxygen atoms in total. The number of piperidine rings is 1. The molecule has 0 spiro atoms. The first-order valence-corrected chi connectivity index (χ1v) is 9.98. The van der Waals surface area contributed by atoms with Gasteiger partial charge in [0.15, 0.2) is 0 Å². The highest BCUT2D eigenvalue weighted by Gasteiger charge is 2.34. The summed E-state index contributed by atoms with van der Waals surface area (Å²) in [5.74, 6) is -0.502. The first-order valence-electron chi connectivity index (χ1n) is 8.54. The lowest BCUT2D eigenvalue weighted by Crippen LogP contribution is -2.45. The Balaban J connectivity index is 1.66. The molecule has 2 aromatic heterocycles. The van der Waals surface area contributed by atoms with E-state index in [0.29, 0.717) is 31.6 Å². The van der Waals surface area contributed by atoms with Gasteiger partial charge < -0.3 is 5.32 Å². The molecule has 26 heavy (non-hydrogen) atoms. The van der Waals surface area contributed by atoms with Crippen molar-refractivity contribution in [1.82, 2.24) is 29.2 Å². The molecule has 1 aliphatic heterocycles. The third-order valence-electron chi connectivity index (χ3n) is 4.78. The molecule has 1 atom stereocenters. The minimum Gasteiger partial charge on any atom is -0.350 e. The Hall–Kier alpha value is -2.20. The number of sulfonamides is 1. The summed E-state index contributed by atoms with van der Waals surface area (Å²) in [6.45, 7) is 2.66. The molecule has 3 heterocycles. The third-order valence-corrected chi connectivity index (χ3v) is 6.74. The molecule has 10 heteroatoms. The summed E-state index contributed by atoms with van der Waals surface area (Å²) in [6.07, 6.45) is 4.51. The molecule has 1 fully saturated rings. The van der Waals surface area contributed by atoms with Gasteiger partial charge in [-0.15, -0.1) is 0 Å². The lowest BCUT2D eigenvalue weighted by molar-refractivity contribution is -0.126. The Labute approximate surface area is 153 Å². The van der Waals surface area contributed by atoms with Gasteiger partial charge in [0.2, 0.25) is 15.9 Å². The molecule has 0 radical (unpaired) electrons. The maximum atomic E-state index is 12.9. The molecule has 1 unspecified atom stereocenters. The van der Waals surface area contributed by atoms with Crippen LogP contribution >= 0.6 is 0 Å². The number of hydrogen-bond acceptors (Lipinski definition) is 5. The first-order chi connectivity index (χ1) is 12.3. The van der Waals surface area contributed by atoms with Gasteiger partial charge in [-0.2, -0.15) is 14.5 Å². The number of rotatable bonds is 5. The van der Waals surface area contributed by atoms with Crippen LogP contribution in [-0.4, -0.2) is 51.3 Å². The van der Waals surface area contributed by atoms with E-state index in [1.165, 1.54) is 15.2 Å². The van der Waals surface area contributed by atoms with E-state index in [2.05, 4.69) is 15.5 Å². The van der Waals surface area contributed by atoms with Crippen LogP contribution in [0.4, 0.5) is 0 Å². The van der Waals surface area contributed by atoms with Crippen molar-refractivity contribution in [1.29, 1.82) is 0 Å². The van der Waals surface area contributed by atoms with Gasteiger partial charge in [-0.25, -0.2) is 8.42 Å². The summed E-state index contributed by atoms with van der Waals surface area (Å²) in [5.41, 5.74) is 1.36. The fourth-order valence-corrected chi connectivity index (χ4v) is 4.83. The summed E-state index contributed by atoms with van der Waals surface area (Å²) in [4.78, 5) is 12.7. The molecule has 142 valence electrons. The molecule has 0 bridgehead atoms. The van der Waals surface area contributed by atoms with Crippen LogP contribution in [0.5, 0.6) is 0 Å². The van der Waals surface area contributed by atoms with Crippen LogP contribution in [-0.2, 0) is 35.5 Å². The third kappa shape index (κ3) is 3.65. The van der Waals surface area contributed by atoms with Gasteiger partial charge in [-0.3, -0.25) is 14.2 Å². The zero-order valence-corrected chi connectivity index (χ0v) is 16.0. The first kappa shape index (κ1) is 18.6. The van der Waals surface area contributed by atoms with Gasteiger partial charge in [0.1, 0.15) is 4.90 Å². The van der Waals surface area contributed by atoms with E-state index in [1.807, 2.05) is 19.3 Å². The van der Waals surface area contributed by atoms with E-state index in [1.54, 1.807) is 18.7 Å². The predicted molar refractivity (Wildman–Crippen MR) is 94.5 cm³/mol. The second-order valence-corrected chi connectivity index (χ2v) is 8.52. The summed E-state index contributed by atoms with van der Waals surface area (Å²) in [5, 5.41) is 11.1. The van der Waals surface area contributed by atoms with Crippen LogP contribution < -0.4 is 5.32 Å². The number of nitrogens with one attached hydrogen (secondary N) is 1. The largest absolute Gasteiger partial charge is 0.350 e. The average molecular weight is 380 g/mol. The Morgan fingerprint density at radius 3 is 2.77 bits per heavy atom. The highest BCUT2D eigenvalue weighted by atomic mass is 32.2. The Bertz CT molecular complexity index is 901. The molecule has 0 aliphatic carbocycles. The van der Waals surface area contributed by atoms with Crippen molar-refractivity contribution in [2.24, 2.45) is 20.0 Å². The van der Waals surface area contributed by atoms with Crippen LogP contribution in [0.2, 0.25) is 0 Å². The second-order valence-electron chi connectivity index (χ2n) is 6.62. The predicted octanol–water partition coefficient (Wildman–Crippen LogP) is 0.179. The molecular formula is C16H24N6O3S. The quantitative estimate of drug-likeness (QED) is 0.797. The van der Waals surface area contributed by atoms with Gasteiger partial charge in [0.25, 0.3) is 0 Å². The van der Waals surface area contributed by atoms with Crippen molar-refractivity contribution in [3.63, 3.8) is 0 Å². The number of carbonyl (C=O) groups excluding carboxylic acids is 1. The van der Waals surface area contributed by atoms with E-state index >= 15 is 0 Å². The van der Waals surface area contributed by atoms with Gasteiger partial charge in [0.05, 0.1) is 30.0 Å². The highest BCUT2D eigenvalue weighted by molar-refractivity contribution is 7.89. The van der Waals surface area contributed by atoms with Crippen LogP contribution in [0.25, 0.3) is 0 Å². The van der Waals surface area contributed by atoms with Crippen LogP contribution in [0, 0.1) is 12.8 Å². The van der Waals surface area contributed by atoms with Gasteiger partial charge >= 0.3 is 0 Å². The van der Waals surface area contributed by atoms with Crippen molar-refractivity contribution >= 4 is 15.9 Å². The van der Waals surface area contributed by atoms with Crippen molar-refractivity contribution in [2.45, 2.75) is 31.2 Å². The maximum Gasteiger partial charge on any atom is 0.246 e. The monoisotopic (exact) mass is 380 g/mol. The lowest BCUT2D eigenvalue weighted by Gasteiger charge is -2.31. The number of carbonyl (C=O) groups is 1. The topological polar surface area (TPSA) is 102 Å². The Morgan fingerprint density at radius 1 is 1.38 bits per heavy atom. The molecular weight excluding hydrogens is 356 g/mol. The molecule has 1 aliphatic rings. The standard InChI is InChI=1S/C16H24N6O3S/c1-12-15(10-18-21(12)3)26(24,25)22-7-4-5-13(11-22)16(23)17-9-14-6-8-20(2)19-14/h6,8,10,13H,4-5,7,9,11H2,1-3H3,(H,17,23). The number of amides is 1. The number of nitrogens with zero attached hydrogens (tertiary/aromatic N) is 5. The Morgan fingerprint density at radius 2 is 2.15 bits per heavy atom. The van der Waals surface area contributed by atoms with Crippen LogP contribution in [0.1, 0.15) is 24.2 Å². The average Bonchev–Trinajstić information content (AvgIpc) is 3.19. The van der Waals surface area contributed by atoms with Gasteiger partial charge in [0, 0.05) is 33.4 Å². The van der Waals surface area contributed by atoms with E-state index in [0.717, 1.165) is 5.69 Å². The van der Waals surface area contributed by atoms with Crippen molar-refractivity contribution in [3.05, 3.63) is 29.8 Å². The zero-order chi connectivity index (χ0) is 18.9. The van der Waals surface area contributed by atoms with Gasteiger partial charge in [-0.1, -0.05) is 0 Å². The highest BCUT2D eigenvalue weighted by Crippen LogP contribution is 2.25. The summed E-state index contributed by atoms with van der Waals surface area (Å²) in [6, 6.07) is 1.84. The molecule has 2 aromatic rings. The van der Waals surface area contributed by atoms with E-state index < -0.39 is 10.0 Å². The van der Waals surface area contributed by atoms with E-state index in [9.17, 15) is 13.2 Å². The van der Waals surface area contributed by atoms with Crippen LogP contribution in [0.15, 0.2) is 23.4 Å². The van der Waals surface area contributed by atoms with Crippen LogP contribution in [0.3, 0.4) is 0 Å². The van der Waals surface area contributed by atoms with Gasteiger partial charge in [-0.05, 0) is 25.8 Å². The van der Waals surface area contributed by atoms with E-state index in [4.69, 9.17) is 0 Å². The fraction of sp³-hybridized carbons (Fsp3) is 0.562. The summed E-state index contributed by atoms with van der Waals surface area (Å²) < 4.78 is 30.4. The molecule has 0 saturated carbocycles. The number of aromatic nitrogens is 4. The fourth-order valence-electron chi connectivity index (χ4n) is 3.13. The minimum absolute atomic E-state index is 0.140. The SMILES string of the molecule is Cc1c(S(=O)(=O)N2CCCC(C(=O)NCc3ccn(C)n3)C2)cnn1C. The Kier molecular flexibility index (Phi) is 5.15. The van der Waals surface area contributed by atoms with Crippen molar-refractivity contribution in [2.75, 3.05) is 13.1 Å². The second kappa shape index (κ2) is 7.20. The molecule has 1 saturated heterocycles. The number of hydrogen-bond donors (Lipinski definition) is 1. The van der Waals surface area contributed by atoms with E-state index in [-0.39, 0.29) is 23.3 Å². The summed E-state index contributed by atoms with van der Waals surface area (Å²) in [7, 11) is -0.126. The smallest absolute Gasteiger partial charge is 0.246 e. The normalized spacial score (nSPS) is 18.8. The number of aryl methyl sites for hydroxylation is 2.